The van der Waals surface area contributed by atoms with Crippen molar-refractivity contribution in [2.24, 2.45) is 0 Å². The topological polar surface area (TPSA) is 43.8 Å². The van der Waals surface area contributed by atoms with Crippen LogP contribution in [0, 0.1) is 0 Å². The van der Waals surface area contributed by atoms with Crippen molar-refractivity contribution in [2.75, 3.05) is 33.4 Å². The van der Waals surface area contributed by atoms with E-state index in [9.17, 15) is 0 Å². The molecule has 0 bridgehead atoms. The van der Waals surface area contributed by atoms with Crippen LogP contribution in [-0.2, 0) is 14.2 Å². The van der Waals surface area contributed by atoms with Crippen LogP contribution in [0.15, 0.2) is 37.4 Å². The van der Waals surface area contributed by atoms with Gasteiger partial charge in [-0.15, -0.1) is 0 Å². The summed E-state index contributed by atoms with van der Waals surface area (Å²) in [6.45, 7) is 5.99. The summed E-state index contributed by atoms with van der Waals surface area (Å²) in [5, 5.41) is 0. The average Bonchev–Trinajstić information content (AvgIpc) is 2.81. The first-order valence-corrected chi connectivity index (χ1v) is 6.37. The van der Waals surface area contributed by atoms with Crippen LogP contribution in [0.2, 0.25) is 0 Å². The Morgan fingerprint density at radius 3 is 3.00 bits per heavy atom. The number of rotatable bonds is 7. The molecule has 0 aliphatic carbocycles. The van der Waals surface area contributed by atoms with Gasteiger partial charge in [0.15, 0.2) is 0 Å². The molecule has 0 aromatic carbocycles. The van der Waals surface area contributed by atoms with Gasteiger partial charge < -0.3 is 14.2 Å². The van der Waals surface area contributed by atoms with Crippen molar-refractivity contribution in [2.45, 2.75) is 12.3 Å². The minimum Gasteiger partial charge on any atom is -0.499 e. The third-order valence-corrected chi connectivity index (χ3v) is 2.97. The standard InChI is InChI=1S/C14H20N2O3/c1-3-17-8-9-18-11-13-10-16(2)14(19-13)12-4-6-15-7-5-12/h3-7,13-14H,1,8-11H2,2H3/t13-,14+/m0/s1. The second-order valence-electron chi connectivity index (χ2n) is 4.44. The molecule has 2 atom stereocenters. The SMILES string of the molecule is C=COCCOC[C@@H]1CN(C)[C@@H](c2ccncc2)O1. The first-order chi connectivity index (χ1) is 9.31. The van der Waals surface area contributed by atoms with Crippen LogP contribution in [0.25, 0.3) is 0 Å². The Labute approximate surface area is 113 Å². The fraction of sp³-hybridized carbons (Fsp3) is 0.500. The van der Waals surface area contributed by atoms with E-state index in [0.717, 1.165) is 12.1 Å². The van der Waals surface area contributed by atoms with Crippen molar-refractivity contribution in [3.8, 4) is 0 Å². The number of aromatic nitrogens is 1. The number of nitrogens with zero attached hydrogens (tertiary/aromatic N) is 2. The van der Waals surface area contributed by atoms with E-state index < -0.39 is 0 Å². The van der Waals surface area contributed by atoms with Gasteiger partial charge in [0.05, 0.1) is 25.6 Å². The summed E-state index contributed by atoms with van der Waals surface area (Å²) in [5.41, 5.74) is 1.12. The lowest BCUT2D eigenvalue weighted by atomic mass is 10.2. The van der Waals surface area contributed by atoms with E-state index >= 15 is 0 Å². The normalized spacial score (nSPS) is 23.4. The maximum absolute atomic E-state index is 5.98. The molecule has 5 heteroatoms. The zero-order chi connectivity index (χ0) is 13.5. The van der Waals surface area contributed by atoms with Crippen LogP contribution in [0.5, 0.6) is 0 Å². The van der Waals surface area contributed by atoms with Gasteiger partial charge in [0.2, 0.25) is 0 Å². The van der Waals surface area contributed by atoms with Gasteiger partial charge in [-0.05, 0) is 24.7 Å². The number of hydrogen-bond donors (Lipinski definition) is 0. The Bertz CT molecular complexity index is 386. The van der Waals surface area contributed by atoms with E-state index in [1.165, 1.54) is 6.26 Å². The van der Waals surface area contributed by atoms with Gasteiger partial charge in [-0.25, -0.2) is 0 Å². The van der Waals surface area contributed by atoms with E-state index in [-0.39, 0.29) is 12.3 Å². The smallest absolute Gasteiger partial charge is 0.137 e. The summed E-state index contributed by atoms with van der Waals surface area (Å²) < 4.78 is 16.5. The van der Waals surface area contributed by atoms with E-state index in [4.69, 9.17) is 14.2 Å². The average molecular weight is 264 g/mol. The van der Waals surface area contributed by atoms with Crippen LogP contribution in [0.3, 0.4) is 0 Å². The molecule has 104 valence electrons. The largest absolute Gasteiger partial charge is 0.499 e. The fourth-order valence-corrected chi connectivity index (χ4v) is 2.10. The molecule has 0 N–H and O–H groups in total. The second-order valence-corrected chi connectivity index (χ2v) is 4.44. The van der Waals surface area contributed by atoms with Crippen molar-refractivity contribution in [3.05, 3.63) is 42.9 Å². The van der Waals surface area contributed by atoms with E-state index in [2.05, 4.69) is 16.5 Å². The predicted octanol–water partition coefficient (Wildman–Crippen LogP) is 1.59. The summed E-state index contributed by atoms with van der Waals surface area (Å²) in [7, 11) is 2.05. The molecular weight excluding hydrogens is 244 g/mol. The first-order valence-electron chi connectivity index (χ1n) is 6.37. The van der Waals surface area contributed by atoms with E-state index in [1.54, 1.807) is 12.4 Å². The minimum atomic E-state index is -0.0129. The summed E-state index contributed by atoms with van der Waals surface area (Å²) >= 11 is 0. The maximum Gasteiger partial charge on any atom is 0.137 e. The molecule has 1 fully saturated rings. The summed E-state index contributed by atoms with van der Waals surface area (Å²) in [5.74, 6) is 0. The highest BCUT2D eigenvalue weighted by Crippen LogP contribution is 2.28. The van der Waals surface area contributed by atoms with Crippen molar-refractivity contribution in [1.82, 2.24) is 9.88 Å². The molecule has 0 unspecified atom stereocenters. The third-order valence-electron chi connectivity index (χ3n) is 2.97. The van der Waals surface area contributed by atoms with Crippen molar-refractivity contribution >= 4 is 0 Å². The Balaban J connectivity index is 1.76. The van der Waals surface area contributed by atoms with Crippen LogP contribution >= 0.6 is 0 Å². The molecule has 2 heterocycles. The highest BCUT2D eigenvalue weighted by Gasteiger charge is 2.31. The quantitative estimate of drug-likeness (QED) is 0.552. The Morgan fingerprint density at radius 1 is 1.47 bits per heavy atom. The number of ether oxygens (including phenoxy) is 3. The lowest BCUT2D eigenvalue weighted by molar-refractivity contribution is -0.0362. The number of pyridine rings is 1. The summed E-state index contributed by atoms with van der Waals surface area (Å²) in [4.78, 5) is 6.19. The molecule has 0 saturated carbocycles. The van der Waals surface area contributed by atoms with Crippen LogP contribution in [-0.4, -0.2) is 49.4 Å². The first kappa shape index (κ1) is 14.0. The molecule has 5 nitrogen and oxygen atoms in total. The molecule has 1 aliphatic heterocycles. The van der Waals surface area contributed by atoms with Gasteiger partial charge in [-0.3, -0.25) is 9.88 Å². The Hall–Kier alpha value is -1.43. The zero-order valence-corrected chi connectivity index (χ0v) is 11.2. The molecule has 0 amide bonds. The predicted molar refractivity (Wildman–Crippen MR) is 71.4 cm³/mol. The van der Waals surface area contributed by atoms with Crippen molar-refractivity contribution in [3.63, 3.8) is 0 Å². The third kappa shape index (κ3) is 4.02. The zero-order valence-electron chi connectivity index (χ0n) is 11.2. The molecular formula is C14H20N2O3. The van der Waals surface area contributed by atoms with Gasteiger partial charge in [0.1, 0.15) is 12.8 Å². The lowest BCUT2D eigenvalue weighted by Gasteiger charge is -2.17. The van der Waals surface area contributed by atoms with Gasteiger partial charge in [0, 0.05) is 18.9 Å². The van der Waals surface area contributed by atoms with E-state index in [0.29, 0.717) is 19.8 Å². The highest BCUT2D eigenvalue weighted by molar-refractivity contribution is 5.13. The molecule has 0 spiro atoms. The lowest BCUT2D eigenvalue weighted by Crippen LogP contribution is -2.22. The molecule has 1 aromatic rings. The fourth-order valence-electron chi connectivity index (χ4n) is 2.10. The highest BCUT2D eigenvalue weighted by atomic mass is 16.6. The van der Waals surface area contributed by atoms with Crippen molar-refractivity contribution in [1.29, 1.82) is 0 Å². The molecule has 1 saturated heterocycles. The Kier molecular flexibility index (Phi) is 5.32. The van der Waals surface area contributed by atoms with Crippen LogP contribution in [0.4, 0.5) is 0 Å². The molecule has 1 aliphatic rings. The van der Waals surface area contributed by atoms with Gasteiger partial charge >= 0.3 is 0 Å². The molecule has 0 radical (unpaired) electrons. The molecule has 19 heavy (non-hydrogen) atoms. The second kappa shape index (κ2) is 7.23. The summed E-state index contributed by atoms with van der Waals surface area (Å²) in [6, 6.07) is 3.95. The number of hydrogen-bond acceptors (Lipinski definition) is 5. The van der Waals surface area contributed by atoms with Gasteiger partial charge in [-0.2, -0.15) is 0 Å². The van der Waals surface area contributed by atoms with Crippen LogP contribution < -0.4 is 0 Å². The summed E-state index contributed by atoms with van der Waals surface area (Å²) in [6.07, 6.45) is 5.06. The molecule has 2 rings (SSSR count). The molecule has 1 aromatic heterocycles. The number of likely N-dealkylation sites (N-methyl/N-ethyl adjacent to an activating group) is 1. The Morgan fingerprint density at radius 2 is 2.26 bits per heavy atom. The minimum absolute atomic E-state index is 0.0129. The maximum atomic E-state index is 5.98. The monoisotopic (exact) mass is 264 g/mol. The van der Waals surface area contributed by atoms with Gasteiger partial charge in [0.25, 0.3) is 0 Å². The van der Waals surface area contributed by atoms with Crippen molar-refractivity contribution < 1.29 is 14.2 Å². The van der Waals surface area contributed by atoms with Crippen LogP contribution in [0.1, 0.15) is 11.8 Å². The van der Waals surface area contributed by atoms with E-state index in [1.807, 2.05) is 19.2 Å². The van der Waals surface area contributed by atoms with Gasteiger partial charge in [-0.1, -0.05) is 6.58 Å².